The lowest BCUT2D eigenvalue weighted by molar-refractivity contribution is 0.283. The molecule has 0 aromatic carbocycles. The van der Waals surface area contributed by atoms with Gasteiger partial charge in [-0.25, -0.2) is 0 Å². The summed E-state index contributed by atoms with van der Waals surface area (Å²) in [7, 11) is 2.12. The molecule has 1 heteroatoms. The zero-order valence-corrected chi connectivity index (χ0v) is 12.5. The van der Waals surface area contributed by atoms with E-state index in [1.165, 1.54) is 38.5 Å². The van der Waals surface area contributed by atoms with Crippen LogP contribution in [0.25, 0.3) is 0 Å². The number of nitrogens with one attached hydrogen (secondary N) is 1. The fourth-order valence-electron chi connectivity index (χ4n) is 3.17. The van der Waals surface area contributed by atoms with Crippen LogP contribution in [0.4, 0.5) is 0 Å². The predicted octanol–water partition coefficient (Wildman–Crippen LogP) is 4.54. The molecule has 0 spiro atoms. The molecule has 2 atom stereocenters. The molecule has 0 heterocycles. The monoisotopic (exact) mass is 237 g/mol. The zero-order chi connectivity index (χ0) is 12.9. The normalized spacial score (nSPS) is 20.9. The van der Waals surface area contributed by atoms with Crippen LogP contribution in [0.3, 0.4) is 0 Å². The Morgan fingerprint density at radius 1 is 1.29 bits per heavy atom. The SMILES string of the molecule is CNC(CC(C)CC(C)(C)C)C1=CCCCC1. The second kappa shape index (κ2) is 6.58. The molecule has 17 heavy (non-hydrogen) atoms. The van der Waals surface area contributed by atoms with Gasteiger partial charge in [-0.15, -0.1) is 0 Å². The first-order valence-corrected chi connectivity index (χ1v) is 7.28. The van der Waals surface area contributed by atoms with Gasteiger partial charge in [-0.2, -0.15) is 0 Å². The van der Waals surface area contributed by atoms with E-state index in [-0.39, 0.29) is 0 Å². The summed E-state index contributed by atoms with van der Waals surface area (Å²) >= 11 is 0. The van der Waals surface area contributed by atoms with E-state index >= 15 is 0 Å². The predicted molar refractivity (Wildman–Crippen MR) is 77.3 cm³/mol. The molecule has 1 rings (SSSR count). The first-order valence-electron chi connectivity index (χ1n) is 7.28. The van der Waals surface area contributed by atoms with Crippen LogP contribution in [-0.4, -0.2) is 13.1 Å². The van der Waals surface area contributed by atoms with Gasteiger partial charge in [-0.1, -0.05) is 39.3 Å². The van der Waals surface area contributed by atoms with Gasteiger partial charge in [0, 0.05) is 6.04 Å². The van der Waals surface area contributed by atoms with Gasteiger partial charge >= 0.3 is 0 Å². The average molecular weight is 237 g/mol. The quantitative estimate of drug-likeness (QED) is 0.692. The molecule has 0 saturated carbocycles. The van der Waals surface area contributed by atoms with E-state index in [1.54, 1.807) is 5.57 Å². The molecule has 1 aliphatic rings. The van der Waals surface area contributed by atoms with Gasteiger partial charge in [0.25, 0.3) is 0 Å². The maximum absolute atomic E-state index is 3.52. The lowest BCUT2D eigenvalue weighted by atomic mass is 9.81. The fraction of sp³-hybridized carbons (Fsp3) is 0.875. The van der Waals surface area contributed by atoms with Crippen molar-refractivity contribution in [3.05, 3.63) is 11.6 Å². The second-order valence-electron chi connectivity index (χ2n) is 6.97. The van der Waals surface area contributed by atoms with Crippen LogP contribution >= 0.6 is 0 Å². The molecule has 0 aliphatic heterocycles. The lowest BCUT2D eigenvalue weighted by Gasteiger charge is -2.29. The third-order valence-corrected chi connectivity index (χ3v) is 3.72. The van der Waals surface area contributed by atoms with Gasteiger partial charge < -0.3 is 5.32 Å². The topological polar surface area (TPSA) is 12.0 Å². The van der Waals surface area contributed by atoms with Crippen LogP contribution in [0.5, 0.6) is 0 Å². The van der Waals surface area contributed by atoms with Gasteiger partial charge in [0.15, 0.2) is 0 Å². The molecular formula is C16H31N. The Bertz CT molecular complexity index is 247. The summed E-state index contributed by atoms with van der Waals surface area (Å²) in [6, 6.07) is 0.618. The summed E-state index contributed by atoms with van der Waals surface area (Å²) in [6.45, 7) is 9.44. The van der Waals surface area contributed by atoms with Crippen LogP contribution in [-0.2, 0) is 0 Å². The number of allylic oxidation sites excluding steroid dienone is 1. The first kappa shape index (κ1) is 14.8. The molecule has 0 radical (unpaired) electrons. The van der Waals surface area contributed by atoms with Crippen LogP contribution < -0.4 is 5.32 Å². The number of likely N-dealkylation sites (N-methyl/N-ethyl adjacent to an activating group) is 1. The summed E-state index contributed by atoms with van der Waals surface area (Å²) < 4.78 is 0. The van der Waals surface area contributed by atoms with Crippen molar-refractivity contribution in [3.63, 3.8) is 0 Å². The smallest absolute Gasteiger partial charge is 0.0279 e. The maximum Gasteiger partial charge on any atom is 0.0279 e. The van der Waals surface area contributed by atoms with Gasteiger partial charge in [-0.3, -0.25) is 0 Å². The van der Waals surface area contributed by atoms with Crippen molar-refractivity contribution in [1.82, 2.24) is 5.32 Å². The summed E-state index contributed by atoms with van der Waals surface area (Å²) in [5.41, 5.74) is 2.12. The van der Waals surface area contributed by atoms with Crippen LogP contribution in [0.1, 0.15) is 66.2 Å². The number of hydrogen-bond donors (Lipinski definition) is 1. The highest BCUT2D eigenvalue weighted by Gasteiger charge is 2.21. The highest BCUT2D eigenvalue weighted by molar-refractivity contribution is 5.13. The molecule has 1 nitrogen and oxygen atoms in total. The summed E-state index contributed by atoms with van der Waals surface area (Å²) in [4.78, 5) is 0. The highest BCUT2D eigenvalue weighted by Crippen LogP contribution is 2.29. The zero-order valence-electron chi connectivity index (χ0n) is 12.5. The Morgan fingerprint density at radius 3 is 2.47 bits per heavy atom. The van der Waals surface area contributed by atoms with Crippen molar-refractivity contribution in [2.75, 3.05) is 7.05 Å². The van der Waals surface area contributed by atoms with Crippen molar-refractivity contribution in [3.8, 4) is 0 Å². The average Bonchev–Trinajstić information content (AvgIpc) is 2.24. The Balaban J connectivity index is 2.48. The molecule has 0 amide bonds. The van der Waals surface area contributed by atoms with Crippen LogP contribution in [0.2, 0.25) is 0 Å². The van der Waals surface area contributed by atoms with Crippen molar-refractivity contribution in [1.29, 1.82) is 0 Å². The first-order chi connectivity index (χ1) is 7.92. The standard InChI is InChI=1S/C16H31N/c1-13(12-16(2,3)4)11-15(17-5)14-9-7-6-8-10-14/h9,13,15,17H,6-8,10-12H2,1-5H3. The second-order valence-corrected chi connectivity index (χ2v) is 6.97. The van der Waals surface area contributed by atoms with Gasteiger partial charge in [0.2, 0.25) is 0 Å². The Hall–Kier alpha value is -0.300. The lowest BCUT2D eigenvalue weighted by Crippen LogP contribution is -2.31. The largest absolute Gasteiger partial charge is 0.313 e. The fourth-order valence-corrected chi connectivity index (χ4v) is 3.17. The summed E-state index contributed by atoms with van der Waals surface area (Å²) in [5, 5.41) is 3.52. The molecule has 2 unspecified atom stereocenters. The highest BCUT2D eigenvalue weighted by atomic mass is 14.9. The van der Waals surface area contributed by atoms with E-state index in [1.807, 2.05) is 0 Å². The van der Waals surface area contributed by atoms with Gasteiger partial charge in [0.1, 0.15) is 0 Å². The van der Waals surface area contributed by atoms with E-state index in [9.17, 15) is 0 Å². The summed E-state index contributed by atoms with van der Waals surface area (Å²) in [6.07, 6.45) is 10.5. The van der Waals surface area contributed by atoms with Crippen molar-refractivity contribution in [2.45, 2.75) is 72.3 Å². The van der Waals surface area contributed by atoms with E-state index in [4.69, 9.17) is 0 Å². The molecule has 1 aliphatic carbocycles. The molecular weight excluding hydrogens is 206 g/mol. The minimum atomic E-state index is 0.457. The third-order valence-electron chi connectivity index (χ3n) is 3.72. The van der Waals surface area contributed by atoms with Crippen molar-refractivity contribution in [2.24, 2.45) is 11.3 Å². The number of rotatable bonds is 5. The van der Waals surface area contributed by atoms with Crippen LogP contribution in [0, 0.1) is 11.3 Å². The third kappa shape index (κ3) is 5.72. The maximum atomic E-state index is 3.52. The van der Waals surface area contributed by atoms with Gasteiger partial charge in [0.05, 0.1) is 0 Å². The van der Waals surface area contributed by atoms with E-state index in [0.29, 0.717) is 11.5 Å². The van der Waals surface area contributed by atoms with Crippen molar-refractivity contribution >= 4 is 0 Å². The van der Waals surface area contributed by atoms with E-state index in [2.05, 4.69) is 46.1 Å². The molecule has 0 saturated heterocycles. The molecule has 0 bridgehead atoms. The Labute approximate surface area is 108 Å². The van der Waals surface area contributed by atoms with E-state index in [0.717, 1.165) is 5.92 Å². The van der Waals surface area contributed by atoms with Crippen molar-refractivity contribution < 1.29 is 0 Å². The molecule has 0 aromatic heterocycles. The minimum Gasteiger partial charge on any atom is -0.313 e. The Kier molecular flexibility index (Phi) is 5.72. The van der Waals surface area contributed by atoms with Gasteiger partial charge in [-0.05, 0) is 56.9 Å². The molecule has 0 aromatic rings. The van der Waals surface area contributed by atoms with E-state index < -0.39 is 0 Å². The number of hydrogen-bond acceptors (Lipinski definition) is 1. The summed E-state index contributed by atoms with van der Waals surface area (Å²) in [5.74, 6) is 0.801. The molecule has 1 N–H and O–H groups in total. The Morgan fingerprint density at radius 2 is 2.00 bits per heavy atom. The molecule has 0 fully saturated rings. The molecule has 100 valence electrons. The minimum absolute atomic E-state index is 0.457. The van der Waals surface area contributed by atoms with Crippen LogP contribution in [0.15, 0.2) is 11.6 Å².